The molecule has 0 aliphatic carbocycles. The topological polar surface area (TPSA) is 46.5 Å². The second-order valence-corrected chi connectivity index (χ2v) is 4.29. The molecule has 0 radical (unpaired) electrons. The first-order chi connectivity index (χ1) is 9.17. The Morgan fingerprint density at radius 1 is 1.32 bits per heavy atom. The van der Waals surface area contributed by atoms with E-state index in [1.165, 1.54) is 0 Å². The standard InChI is InChI=1S/C16H20O3/c1-3-7-16(18)19-12-14(11-17)10-13(2)15-8-5-4-6-9-15/h4-6,8-9,17H,3,7,11-12H2,1-2H3. The van der Waals surface area contributed by atoms with Crippen LogP contribution in [0.4, 0.5) is 0 Å². The first kappa shape index (κ1) is 15.2. The van der Waals surface area contributed by atoms with E-state index in [9.17, 15) is 9.90 Å². The van der Waals surface area contributed by atoms with Crippen molar-refractivity contribution in [2.45, 2.75) is 26.7 Å². The lowest BCUT2D eigenvalue weighted by atomic mass is 10.1. The summed E-state index contributed by atoms with van der Waals surface area (Å²) in [7, 11) is 0. The summed E-state index contributed by atoms with van der Waals surface area (Å²) in [5.74, 6) is -0.243. The van der Waals surface area contributed by atoms with Gasteiger partial charge in [0.2, 0.25) is 0 Å². The molecule has 102 valence electrons. The monoisotopic (exact) mass is 260 g/mol. The number of carbonyl (C=O) groups excluding carboxylic acids is 1. The fourth-order valence-corrected chi connectivity index (χ4v) is 1.59. The summed E-state index contributed by atoms with van der Waals surface area (Å²) in [6.45, 7) is 3.77. The maximum atomic E-state index is 11.3. The van der Waals surface area contributed by atoms with Gasteiger partial charge in [0.1, 0.15) is 6.61 Å². The van der Waals surface area contributed by atoms with E-state index >= 15 is 0 Å². The van der Waals surface area contributed by atoms with Gasteiger partial charge in [0.15, 0.2) is 0 Å². The van der Waals surface area contributed by atoms with Crippen molar-refractivity contribution in [2.75, 3.05) is 13.2 Å². The van der Waals surface area contributed by atoms with Crippen molar-refractivity contribution in [3.8, 4) is 0 Å². The van der Waals surface area contributed by atoms with Crippen molar-refractivity contribution < 1.29 is 14.6 Å². The van der Waals surface area contributed by atoms with Crippen molar-refractivity contribution >= 4 is 11.5 Å². The van der Waals surface area contributed by atoms with Gasteiger partial charge in [-0.05, 0) is 24.5 Å². The molecule has 3 heteroatoms. The second kappa shape index (κ2) is 8.30. The van der Waals surface area contributed by atoms with E-state index in [-0.39, 0.29) is 19.2 Å². The van der Waals surface area contributed by atoms with Crippen LogP contribution >= 0.6 is 0 Å². The third-order valence-corrected chi connectivity index (χ3v) is 2.62. The minimum atomic E-state index is -0.243. The number of aliphatic hydroxyl groups excluding tert-OH is 1. The predicted octanol–water partition coefficient (Wildman–Crippen LogP) is 2.95. The molecule has 0 unspecified atom stereocenters. The molecule has 0 aliphatic rings. The Balaban J connectivity index is 2.78. The molecule has 0 amide bonds. The summed E-state index contributed by atoms with van der Waals surface area (Å²) in [6.07, 6.45) is 1.16. The molecule has 3 nitrogen and oxygen atoms in total. The van der Waals surface area contributed by atoms with E-state index < -0.39 is 0 Å². The molecule has 1 aromatic rings. The number of hydrogen-bond acceptors (Lipinski definition) is 3. The normalized spacial score (nSPS) is 9.63. The molecule has 0 aromatic heterocycles. The Hall–Kier alpha value is -1.83. The van der Waals surface area contributed by atoms with Crippen LogP contribution in [0.25, 0.3) is 5.57 Å². The third kappa shape index (κ3) is 5.56. The highest BCUT2D eigenvalue weighted by Crippen LogP contribution is 2.12. The number of rotatable bonds is 6. The molecular formula is C16H20O3. The molecule has 0 spiro atoms. The van der Waals surface area contributed by atoms with Crippen LogP contribution in [-0.4, -0.2) is 24.3 Å². The van der Waals surface area contributed by atoms with Gasteiger partial charge in [-0.2, -0.15) is 0 Å². The number of aliphatic hydroxyl groups is 1. The highest BCUT2D eigenvalue weighted by Gasteiger charge is 2.03. The summed E-state index contributed by atoms with van der Waals surface area (Å²) < 4.78 is 5.06. The largest absolute Gasteiger partial charge is 0.460 e. The zero-order valence-electron chi connectivity index (χ0n) is 11.5. The Kier molecular flexibility index (Phi) is 6.65. The number of esters is 1. The van der Waals surface area contributed by atoms with Gasteiger partial charge in [0.05, 0.1) is 6.61 Å². The lowest BCUT2D eigenvalue weighted by Gasteiger charge is -2.05. The fraction of sp³-hybridized carbons (Fsp3) is 0.375. The Morgan fingerprint density at radius 3 is 2.58 bits per heavy atom. The highest BCUT2D eigenvalue weighted by atomic mass is 16.5. The van der Waals surface area contributed by atoms with Crippen LogP contribution in [0, 0.1) is 0 Å². The second-order valence-electron chi connectivity index (χ2n) is 4.29. The maximum Gasteiger partial charge on any atom is 0.306 e. The van der Waals surface area contributed by atoms with E-state index in [2.05, 4.69) is 5.73 Å². The zero-order chi connectivity index (χ0) is 14.1. The predicted molar refractivity (Wildman–Crippen MR) is 75.5 cm³/mol. The summed E-state index contributed by atoms with van der Waals surface area (Å²) in [4.78, 5) is 11.3. The molecule has 0 fully saturated rings. The molecule has 0 saturated heterocycles. The summed E-state index contributed by atoms with van der Waals surface area (Å²) in [5.41, 5.74) is 5.61. The van der Waals surface area contributed by atoms with Crippen LogP contribution in [0.5, 0.6) is 0 Å². The Labute approximate surface area is 114 Å². The van der Waals surface area contributed by atoms with Gasteiger partial charge in [0, 0.05) is 12.0 Å². The number of ether oxygens (including phenoxy) is 1. The fourth-order valence-electron chi connectivity index (χ4n) is 1.59. The van der Waals surface area contributed by atoms with Gasteiger partial charge >= 0.3 is 5.97 Å². The van der Waals surface area contributed by atoms with E-state index in [0.717, 1.165) is 17.6 Å². The highest BCUT2D eigenvalue weighted by molar-refractivity contribution is 5.69. The van der Waals surface area contributed by atoms with Crippen LogP contribution < -0.4 is 0 Å². The first-order valence-corrected chi connectivity index (χ1v) is 6.44. The minimum absolute atomic E-state index is 0.0967. The Bertz CT molecular complexity index is 468. The van der Waals surface area contributed by atoms with E-state index in [4.69, 9.17) is 4.74 Å². The number of hydrogen-bond donors (Lipinski definition) is 1. The zero-order valence-corrected chi connectivity index (χ0v) is 11.5. The molecule has 1 aromatic carbocycles. The van der Waals surface area contributed by atoms with Gasteiger partial charge in [0.25, 0.3) is 0 Å². The van der Waals surface area contributed by atoms with Gasteiger partial charge < -0.3 is 9.84 Å². The van der Waals surface area contributed by atoms with Crippen LogP contribution in [-0.2, 0) is 9.53 Å². The SMILES string of the molecule is CCCC(=O)OCC(=C=C(C)c1ccccc1)CO. The molecule has 0 aliphatic heterocycles. The van der Waals surface area contributed by atoms with E-state index in [1.54, 1.807) is 0 Å². The van der Waals surface area contributed by atoms with Crippen LogP contribution in [0.15, 0.2) is 41.6 Å². The van der Waals surface area contributed by atoms with Crippen molar-refractivity contribution in [2.24, 2.45) is 0 Å². The molecule has 0 bridgehead atoms. The Morgan fingerprint density at radius 2 is 2.00 bits per heavy atom. The van der Waals surface area contributed by atoms with Gasteiger partial charge in [-0.25, -0.2) is 0 Å². The lowest BCUT2D eigenvalue weighted by molar-refractivity contribution is -0.142. The molecule has 19 heavy (non-hydrogen) atoms. The van der Waals surface area contributed by atoms with Crippen LogP contribution in [0.3, 0.4) is 0 Å². The smallest absolute Gasteiger partial charge is 0.306 e. The number of benzene rings is 1. The number of carbonyl (C=O) groups is 1. The van der Waals surface area contributed by atoms with Crippen molar-refractivity contribution in [1.29, 1.82) is 0 Å². The van der Waals surface area contributed by atoms with Crippen molar-refractivity contribution in [3.05, 3.63) is 47.2 Å². The third-order valence-electron chi connectivity index (χ3n) is 2.62. The lowest BCUT2D eigenvalue weighted by Crippen LogP contribution is -2.08. The average Bonchev–Trinajstić information content (AvgIpc) is 2.44. The average molecular weight is 260 g/mol. The van der Waals surface area contributed by atoms with Gasteiger partial charge in [-0.15, -0.1) is 5.73 Å². The molecular weight excluding hydrogens is 240 g/mol. The molecule has 0 heterocycles. The van der Waals surface area contributed by atoms with Gasteiger partial charge in [-0.1, -0.05) is 37.3 Å². The first-order valence-electron chi connectivity index (χ1n) is 6.44. The minimum Gasteiger partial charge on any atom is -0.460 e. The van der Waals surface area contributed by atoms with Gasteiger partial charge in [-0.3, -0.25) is 4.79 Å². The van der Waals surface area contributed by atoms with Crippen molar-refractivity contribution in [3.63, 3.8) is 0 Å². The quantitative estimate of drug-likeness (QED) is 0.632. The van der Waals surface area contributed by atoms with Crippen LogP contribution in [0.2, 0.25) is 0 Å². The molecule has 0 atom stereocenters. The summed E-state index contributed by atoms with van der Waals surface area (Å²) in [6, 6.07) is 9.78. The van der Waals surface area contributed by atoms with E-state index in [1.807, 2.05) is 44.2 Å². The van der Waals surface area contributed by atoms with Crippen LogP contribution in [0.1, 0.15) is 32.3 Å². The van der Waals surface area contributed by atoms with Crippen molar-refractivity contribution in [1.82, 2.24) is 0 Å². The molecule has 1 N–H and O–H groups in total. The molecule has 0 saturated carbocycles. The summed E-state index contributed by atoms with van der Waals surface area (Å²) in [5, 5.41) is 9.26. The maximum absolute atomic E-state index is 11.3. The molecule has 1 rings (SSSR count). The summed E-state index contributed by atoms with van der Waals surface area (Å²) >= 11 is 0. The van der Waals surface area contributed by atoms with E-state index in [0.29, 0.717) is 12.0 Å².